The summed E-state index contributed by atoms with van der Waals surface area (Å²) in [6.07, 6.45) is 3.05. The molecule has 14 heavy (non-hydrogen) atoms. The molecule has 0 aromatic rings. The van der Waals surface area contributed by atoms with E-state index in [0.29, 0.717) is 5.92 Å². The Labute approximate surface area is 90.3 Å². The molecule has 1 aliphatic carbocycles. The molecule has 1 fully saturated rings. The molecule has 0 aromatic heterocycles. The van der Waals surface area contributed by atoms with E-state index in [4.69, 9.17) is 16.3 Å². The summed E-state index contributed by atoms with van der Waals surface area (Å²) < 4.78 is 5.10. The van der Waals surface area contributed by atoms with Gasteiger partial charge in [0.2, 0.25) is 0 Å². The molecule has 0 unspecified atom stereocenters. The van der Waals surface area contributed by atoms with Crippen LogP contribution in [-0.4, -0.2) is 11.5 Å². The van der Waals surface area contributed by atoms with Crippen molar-refractivity contribution in [2.45, 2.75) is 39.2 Å². The molecule has 0 radical (unpaired) electrons. The zero-order valence-corrected chi connectivity index (χ0v) is 9.51. The quantitative estimate of drug-likeness (QED) is 0.519. The highest BCUT2D eigenvalue weighted by Gasteiger charge is 2.31. The number of rotatable bonds is 2. The minimum Gasteiger partial charge on any atom is -0.450 e. The lowest BCUT2D eigenvalue weighted by molar-refractivity contribution is 0.0497. The summed E-state index contributed by atoms with van der Waals surface area (Å²) in [6.45, 7) is 8.08. The minimum absolute atomic E-state index is 0.0683. The summed E-state index contributed by atoms with van der Waals surface area (Å²) in [5, 5.41) is 0. The molecule has 0 spiro atoms. The van der Waals surface area contributed by atoms with Crippen molar-refractivity contribution in [3.05, 3.63) is 12.2 Å². The summed E-state index contributed by atoms with van der Waals surface area (Å²) in [5.41, 5.74) is 0.384. The van der Waals surface area contributed by atoms with Gasteiger partial charge >= 0.3 is 5.43 Å². The lowest BCUT2D eigenvalue weighted by Crippen LogP contribution is -2.32. The van der Waals surface area contributed by atoms with Crippen LogP contribution in [0.2, 0.25) is 0 Å². The van der Waals surface area contributed by atoms with E-state index in [1.165, 1.54) is 6.42 Å². The standard InChI is InChI=1S/C11H17ClO2/c1-7(2)9-5-4-8(3)6-10(9)14-11(12)13/h8-10H,1,4-6H2,2-3H3/t8-,9+,10-/m1/s1. The molecule has 0 aromatic carbocycles. The lowest BCUT2D eigenvalue weighted by Gasteiger charge is -2.34. The zero-order valence-electron chi connectivity index (χ0n) is 8.75. The van der Waals surface area contributed by atoms with Gasteiger partial charge in [-0.1, -0.05) is 19.1 Å². The molecule has 80 valence electrons. The van der Waals surface area contributed by atoms with Crippen LogP contribution in [0.15, 0.2) is 12.2 Å². The molecule has 1 aliphatic rings. The van der Waals surface area contributed by atoms with E-state index in [2.05, 4.69) is 13.5 Å². The van der Waals surface area contributed by atoms with E-state index >= 15 is 0 Å². The second kappa shape index (κ2) is 4.83. The predicted molar refractivity (Wildman–Crippen MR) is 57.4 cm³/mol. The van der Waals surface area contributed by atoms with Crippen LogP contribution >= 0.6 is 11.6 Å². The Morgan fingerprint density at radius 3 is 2.64 bits per heavy atom. The van der Waals surface area contributed by atoms with Gasteiger partial charge in [-0.2, -0.15) is 0 Å². The Balaban J connectivity index is 2.63. The Bertz CT molecular complexity index is 237. The molecule has 0 bridgehead atoms. The van der Waals surface area contributed by atoms with Crippen molar-refractivity contribution in [3.8, 4) is 0 Å². The molecule has 0 aliphatic heterocycles. The van der Waals surface area contributed by atoms with Crippen LogP contribution in [0.25, 0.3) is 0 Å². The number of hydrogen-bond donors (Lipinski definition) is 0. The molecule has 0 amide bonds. The molecule has 3 atom stereocenters. The highest BCUT2D eigenvalue weighted by molar-refractivity contribution is 6.61. The fourth-order valence-corrected chi connectivity index (χ4v) is 2.26. The highest BCUT2D eigenvalue weighted by Crippen LogP contribution is 2.34. The van der Waals surface area contributed by atoms with E-state index in [0.717, 1.165) is 18.4 Å². The smallest absolute Gasteiger partial charge is 0.404 e. The zero-order chi connectivity index (χ0) is 10.7. The first kappa shape index (κ1) is 11.6. The van der Waals surface area contributed by atoms with Gasteiger partial charge in [-0.25, -0.2) is 4.79 Å². The summed E-state index contributed by atoms with van der Waals surface area (Å²) in [5.74, 6) is 0.889. The van der Waals surface area contributed by atoms with Gasteiger partial charge in [0.15, 0.2) is 0 Å². The first-order valence-electron chi connectivity index (χ1n) is 5.02. The number of ether oxygens (including phenoxy) is 1. The van der Waals surface area contributed by atoms with Gasteiger partial charge in [0, 0.05) is 17.5 Å². The predicted octanol–water partition coefficient (Wildman–Crippen LogP) is 3.74. The van der Waals surface area contributed by atoms with Gasteiger partial charge in [-0.3, -0.25) is 0 Å². The first-order chi connectivity index (χ1) is 6.50. The molecule has 2 nitrogen and oxygen atoms in total. The third-order valence-corrected chi connectivity index (χ3v) is 3.02. The number of hydrogen-bond acceptors (Lipinski definition) is 2. The Morgan fingerprint density at radius 2 is 2.14 bits per heavy atom. The van der Waals surface area contributed by atoms with Gasteiger partial charge in [0.05, 0.1) is 0 Å². The SMILES string of the molecule is C=C(C)[C@@H]1CC[C@@H](C)C[C@H]1OC(=O)Cl. The maximum Gasteiger partial charge on any atom is 0.404 e. The Kier molecular flexibility index (Phi) is 3.99. The Morgan fingerprint density at radius 1 is 1.50 bits per heavy atom. The summed E-state index contributed by atoms with van der Waals surface area (Å²) in [4.78, 5) is 10.7. The number of halogens is 1. The molecule has 0 saturated heterocycles. The fourth-order valence-electron chi connectivity index (χ4n) is 2.14. The van der Waals surface area contributed by atoms with Crippen molar-refractivity contribution in [3.63, 3.8) is 0 Å². The van der Waals surface area contributed by atoms with Crippen LogP contribution in [0, 0.1) is 11.8 Å². The van der Waals surface area contributed by atoms with Crippen LogP contribution in [-0.2, 0) is 4.74 Å². The van der Waals surface area contributed by atoms with Crippen LogP contribution in [0.3, 0.4) is 0 Å². The fraction of sp³-hybridized carbons (Fsp3) is 0.727. The molecule has 1 saturated carbocycles. The molecular weight excluding hydrogens is 200 g/mol. The van der Waals surface area contributed by atoms with E-state index in [1.807, 2.05) is 6.92 Å². The normalized spacial score (nSPS) is 32.4. The third kappa shape index (κ3) is 3.02. The van der Waals surface area contributed by atoms with E-state index in [9.17, 15) is 4.79 Å². The van der Waals surface area contributed by atoms with Gasteiger partial charge in [0.1, 0.15) is 6.10 Å². The van der Waals surface area contributed by atoms with Crippen molar-refractivity contribution in [2.24, 2.45) is 11.8 Å². The molecule has 3 heteroatoms. The van der Waals surface area contributed by atoms with Gasteiger partial charge < -0.3 is 4.74 Å². The monoisotopic (exact) mass is 216 g/mol. The maximum absolute atomic E-state index is 10.7. The van der Waals surface area contributed by atoms with Crippen LogP contribution in [0.1, 0.15) is 33.1 Å². The number of carbonyl (C=O) groups excluding carboxylic acids is 1. The maximum atomic E-state index is 10.7. The third-order valence-electron chi connectivity index (χ3n) is 2.93. The van der Waals surface area contributed by atoms with Crippen molar-refractivity contribution >= 4 is 17.0 Å². The summed E-state index contributed by atoms with van der Waals surface area (Å²) in [7, 11) is 0. The van der Waals surface area contributed by atoms with Crippen LogP contribution in [0.5, 0.6) is 0 Å². The largest absolute Gasteiger partial charge is 0.450 e. The van der Waals surface area contributed by atoms with Crippen LogP contribution < -0.4 is 0 Å². The first-order valence-corrected chi connectivity index (χ1v) is 5.40. The topological polar surface area (TPSA) is 26.3 Å². The van der Waals surface area contributed by atoms with E-state index < -0.39 is 5.43 Å². The second-order valence-electron chi connectivity index (χ2n) is 4.27. The molecule has 1 rings (SSSR count). The van der Waals surface area contributed by atoms with Crippen LogP contribution in [0.4, 0.5) is 4.79 Å². The van der Waals surface area contributed by atoms with E-state index in [1.54, 1.807) is 0 Å². The second-order valence-corrected chi connectivity index (χ2v) is 4.57. The summed E-state index contributed by atoms with van der Waals surface area (Å²) in [6, 6.07) is 0. The summed E-state index contributed by atoms with van der Waals surface area (Å²) >= 11 is 5.24. The van der Waals surface area contributed by atoms with Crippen molar-refractivity contribution in [2.75, 3.05) is 0 Å². The highest BCUT2D eigenvalue weighted by atomic mass is 35.5. The minimum atomic E-state index is -0.699. The van der Waals surface area contributed by atoms with Crippen molar-refractivity contribution in [1.82, 2.24) is 0 Å². The van der Waals surface area contributed by atoms with Crippen molar-refractivity contribution in [1.29, 1.82) is 0 Å². The molecule has 0 heterocycles. The molecule has 0 N–H and O–H groups in total. The van der Waals surface area contributed by atoms with Gasteiger partial charge in [-0.15, -0.1) is 0 Å². The van der Waals surface area contributed by atoms with Crippen molar-refractivity contribution < 1.29 is 9.53 Å². The van der Waals surface area contributed by atoms with Gasteiger partial charge in [0.25, 0.3) is 0 Å². The molecular formula is C11H17ClO2. The number of carbonyl (C=O) groups is 1. The lowest BCUT2D eigenvalue weighted by atomic mass is 9.78. The Hall–Kier alpha value is -0.500. The van der Waals surface area contributed by atoms with Gasteiger partial charge in [-0.05, 0) is 32.1 Å². The average molecular weight is 217 g/mol. The van der Waals surface area contributed by atoms with E-state index in [-0.39, 0.29) is 12.0 Å². The average Bonchev–Trinajstić information content (AvgIpc) is 2.01.